The van der Waals surface area contributed by atoms with Crippen molar-refractivity contribution in [1.29, 1.82) is 0 Å². The maximum absolute atomic E-state index is 10.5. The Morgan fingerprint density at radius 1 is 1.50 bits per heavy atom. The van der Waals surface area contributed by atoms with E-state index >= 15 is 0 Å². The summed E-state index contributed by atoms with van der Waals surface area (Å²) in [5.74, 6) is -0.255. The van der Waals surface area contributed by atoms with Gasteiger partial charge in [0.25, 0.3) is 0 Å². The van der Waals surface area contributed by atoms with E-state index in [0.717, 1.165) is 0 Å². The number of H-pyrrole nitrogens is 2. The van der Waals surface area contributed by atoms with Crippen LogP contribution in [0.3, 0.4) is 0 Å². The molecule has 1 aromatic rings. The van der Waals surface area contributed by atoms with E-state index in [4.69, 9.17) is 5.73 Å². The summed E-state index contributed by atoms with van der Waals surface area (Å²) in [6.07, 6.45) is 0. The molecule has 0 radical (unpaired) electrons. The number of aromatic amines is 2. The highest BCUT2D eigenvalue weighted by atomic mass is 16.6. The number of nitrogens with two attached hydrogens (primary N) is 1. The summed E-state index contributed by atoms with van der Waals surface area (Å²) < 4.78 is 0. The Kier molecular flexibility index (Phi) is 1.18. The van der Waals surface area contributed by atoms with Gasteiger partial charge in [-0.05, 0) is 0 Å². The molecule has 0 aliphatic carbocycles. The van der Waals surface area contributed by atoms with Crippen molar-refractivity contribution in [3.05, 3.63) is 20.5 Å². The fourth-order valence-corrected chi connectivity index (χ4v) is 0.546. The highest BCUT2D eigenvalue weighted by molar-refractivity contribution is 5.49. The van der Waals surface area contributed by atoms with Crippen LogP contribution in [0.25, 0.3) is 0 Å². The molecule has 7 heteroatoms. The molecule has 1 heterocycles. The lowest BCUT2D eigenvalue weighted by atomic mass is 10.5. The fraction of sp³-hybridized carbons (Fsp3) is 0. The Hall–Kier alpha value is -1.79. The summed E-state index contributed by atoms with van der Waals surface area (Å²) in [6.45, 7) is 0. The van der Waals surface area contributed by atoms with Crippen molar-refractivity contribution in [2.24, 2.45) is 0 Å². The molecule has 0 saturated heterocycles. The minimum absolute atomic E-state index is 0.255. The number of anilines is 1. The third kappa shape index (κ3) is 0.729. The molecule has 0 atom stereocenters. The van der Waals surface area contributed by atoms with Crippen molar-refractivity contribution in [1.82, 2.24) is 10.2 Å². The van der Waals surface area contributed by atoms with Crippen molar-refractivity contribution in [3.8, 4) is 0 Å². The molecule has 0 unspecified atom stereocenters. The molecule has 0 aromatic carbocycles. The molecule has 0 spiro atoms. The van der Waals surface area contributed by atoms with Gasteiger partial charge in [-0.15, -0.1) is 0 Å². The first kappa shape index (κ1) is 6.33. The van der Waals surface area contributed by atoms with E-state index in [2.05, 4.69) is 5.10 Å². The summed E-state index contributed by atoms with van der Waals surface area (Å²) in [6, 6.07) is 0. The number of nitrogens with one attached hydrogen (secondary N) is 2. The van der Waals surface area contributed by atoms with Crippen LogP contribution in [0.1, 0.15) is 0 Å². The predicted molar refractivity (Wildman–Crippen MR) is 32.5 cm³/mol. The normalized spacial score (nSPS) is 9.60. The van der Waals surface area contributed by atoms with Gasteiger partial charge in [0.1, 0.15) is 0 Å². The highest BCUT2D eigenvalue weighted by Gasteiger charge is 2.18. The number of aromatic nitrogens is 2. The van der Waals surface area contributed by atoms with Gasteiger partial charge in [0.15, 0.2) is 0 Å². The second-order valence-corrected chi connectivity index (χ2v) is 1.60. The van der Waals surface area contributed by atoms with Gasteiger partial charge in [0.05, 0.1) is 4.92 Å². The number of hydrogen-bond acceptors (Lipinski definition) is 4. The van der Waals surface area contributed by atoms with Crippen molar-refractivity contribution in [3.63, 3.8) is 0 Å². The Bertz CT molecular complexity index is 310. The van der Waals surface area contributed by atoms with Gasteiger partial charge in [0.2, 0.25) is 5.82 Å². The lowest BCUT2D eigenvalue weighted by molar-refractivity contribution is -0.385. The number of hydrogen-bond donors (Lipinski definition) is 3. The molecule has 54 valence electrons. The van der Waals surface area contributed by atoms with Crippen molar-refractivity contribution in [2.75, 3.05) is 5.73 Å². The van der Waals surface area contributed by atoms with Crippen LogP contribution < -0.4 is 11.3 Å². The molecule has 0 saturated carbocycles. The van der Waals surface area contributed by atoms with Crippen LogP contribution in [0.5, 0.6) is 0 Å². The van der Waals surface area contributed by atoms with E-state index in [-0.39, 0.29) is 5.82 Å². The summed E-state index contributed by atoms with van der Waals surface area (Å²) >= 11 is 0. The van der Waals surface area contributed by atoms with Crippen LogP contribution in [-0.2, 0) is 0 Å². The molecule has 0 fully saturated rings. The van der Waals surface area contributed by atoms with Gasteiger partial charge in [-0.1, -0.05) is 0 Å². The van der Waals surface area contributed by atoms with Crippen LogP contribution in [0.2, 0.25) is 0 Å². The molecule has 4 N–H and O–H groups in total. The zero-order valence-corrected chi connectivity index (χ0v) is 4.75. The minimum Gasteiger partial charge on any atom is -0.378 e. The van der Waals surface area contributed by atoms with Gasteiger partial charge in [0, 0.05) is 0 Å². The molecule has 0 aliphatic rings. The van der Waals surface area contributed by atoms with Gasteiger partial charge < -0.3 is 5.73 Å². The molecule has 1 aromatic heterocycles. The lowest BCUT2D eigenvalue weighted by Gasteiger charge is -1.82. The number of nitro groups is 1. The largest absolute Gasteiger partial charge is 0.378 e. The third-order valence-electron chi connectivity index (χ3n) is 0.963. The quantitative estimate of drug-likeness (QED) is 0.353. The smallest absolute Gasteiger partial charge is 0.376 e. The van der Waals surface area contributed by atoms with E-state index in [0.29, 0.717) is 0 Å². The van der Waals surface area contributed by atoms with Crippen LogP contribution in [0.4, 0.5) is 11.5 Å². The lowest BCUT2D eigenvalue weighted by Crippen LogP contribution is -2.05. The maximum Gasteiger partial charge on any atom is 0.376 e. The van der Waals surface area contributed by atoms with Gasteiger partial charge in [-0.3, -0.25) is 25.1 Å². The average Bonchev–Trinajstić information content (AvgIpc) is 2.11. The summed E-state index contributed by atoms with van der Waals surface area (Å²) in [5, 5.41) is 14.1. The van der Waals surface area contributed by atoms with E-state index < -0.39 is 16.2 Å². The second kappa shape index (κ2) is 1.87. The standard InChI is InChI=1S/C3H4N4O3/c4-2-1(7(9)10)3(8)6-5-2/h(H4,4,5,6,8). The Morgan fingerprint density at radius 2 is 2.10 bits per heavy atom. The van der Waals surface area contributed by atoms with E-state index in [9.17, 15) is 14.9 Å². The topological polar surface area (TPSA) is 118 Å². The zero-order chi connectivity index (χ0) is 7.72. The van der Waals surface area contributed by atoms with E-state index in [1.165, 1.54) is 0 Å². The molecule has 10 heavy (non-hydrogen) atoms. The van der Waals surface area contributed by atoms with Crippen LogP contribution in [0, 0.1) is 10.1 Å². The first-order valence-corrected chi connectivity index (χ1v) is 2.33. The molecule has 0 aliphatic heterocycles. The first-order chi connectivity index (χ1) is 4.63. The molecule has 0 bridgehead atoms. The second-order valence-electron chi connectivity index (χ2n) is 1.60. The molecule has 1 rings (SSSR count). The zero-order valence-electron chi connectivity index (χ0n) is 4.75. The van der Waals surface area contributed by atoms with E-state index in [1.807, 2.05) is 5.10 Å². The van der Waals surface area contributed by atoms with Crippen LogP contribution >= 0.6 is 0 Å². The highest BCUT2D eigenvalue weighted by Crippen LogP contribution is 2.09. The fourth-order valence-electron chi connectivity index (χ4n) is 0.546. The summed E-state index contributed by atoms with van der Waals surface area (Å²) in [4.78, 5) is 19.6. The Morgan fingerprint density at radius 3 is 2.30 bits per heavy atom. The van der Waals surface area contributed by atoms with Crippen molar-refractivity contribution < 1.29 is 4.92 Å². The molecule has 0 amide bonds. The van der Waals surface area contributed by atoms with Crippen molar-refractivity contribution in [2.45, 2.75) is 0 Å². The van der Waals surface area contributed by atoms with E-state index in [1.54, 1.807) is 0 Å². The number of rotatable bonds is 1. The number of nitrogens with zero attached hydrogens (tertiary/aromatic N) is 1. The van der Waals surface area contributed by atoms with Gasteiger partial charge in [-0.25, -0.2) is 0 Å². The first-order valence-electron chi connectivity index (χ1n) is 2.33. The van der Waals surface area contributed by atoms with Crippen LogP contribution in [0.15, 0.2) is 4.79 Å². The summed E-state index contributed by atoms with van der Waals surface area (Å²) in [7, 11) is 0. The molecular weight excluding hydrogens is 140 g/mol. The Balaban J connectivity index is 3.37. The minimum atomic E-state index is -0.843. The monoisotopic (exact) mass is 144 g/mol. The maximum atomic E-state index is 10.5. The SMILES string of the molecule is Nc1[nH][nH]c(=O)c1[N+](=O)[O-]. The number of nitrogen functional groups attached to an aromatic ring is 1. The predicted octanol–water partition coefficient (Wildman–Crippen LogP) is -0.807. The molecular formula is C3H4N4O3. The third-order valence-corrected chi connectivity index (χ3v) is 0.963. The van der Waals surface area contributed by atoms with Crippen LogP contribution in [-0.4, -0.2) is 15.1 Å². The van der Waals surface area contributed by atoms with Crippen molar-refractivity contribution >= 4 is 11.5 Å². The van der Waals surface area contributed by atoms with Gasteiger partial charge in [-0.2, -0.15) is 0 Å². The van der Waals surface area contributed by atoms with Gasteiger partial charge >= 0.3 is 11.2 Å². The summed E-state index contributed by atoms with van der Waals surface area (Å²) in [5.41, 5.74) is 3.56. The Labute approximate surface area is 54.0 Å². The average molecular weight is 144 g/mol. The molecule has 7 nitrogen and oxygen atoms in total.